The summed E-state index contributed by atoms with van der Waals surface area (Å²) in [6.45, 7) is 27.0. The van der Waals surface area contributed by atoms with Gasteiger partial charge in [0.25, 0.3) is 0 Å². The zero-order chi connectivity index (χ0) is 43.6. The smallest absolute Gasteiger partial charge is 0.335 e. The third-order valence-corrected chi connectivity index (χ3v) is 5.91. The minimum atomic E-state index is -1.74. The third kappa shape index (κ3) is 29.5. The van der Waals surface area contributed by atoms with Crippen LogP contribution in [0.5, 0.6) is 0 Å². The molecule has 1 atom stereocenters. The van der Waals surface area contributed by atoms with Gasteiger partial charge in [0.2, 0.25) is 18.0 Å². The SMILES string of the molecule is CC(C)(C)OC(=O)CN(CCNC(C(=O)OC(C)(C)C)C(=O)OC(C)(C)C)CC(NC(C(=O)OC(C)(C)C)C(=O)OC(C)(C)C)C(N)=O.NCCNCCN. The summed E-state index contributed by atoms with van der Waals surface area (Å²) >= 11 is 0. The van der Waals surface area contributed by atoms with Crippen molar-refractivity contribution in [2.45, 2.75) is 150 Å². The standard InChI is InChI=1S/C33H60N4O11.C4H13N3/c1-29(2,3)44-21(38)19-37(17-16-35-22(25(40)45-30(4,5)6)26(41)46-31(7,8)9)18-20(24(34)39)36-23(27(42)47-32(10,11)12)28(43)48-33(13,14)15;5-1-3-7-4-2-6/h20,22-23,35-36H,16-19H2,1-15H3,(H2,34,39);7H,1-6H2. The van der Waals surface area contributed by atoms with E-state index >= 15 is 0 Å². The first-order valence-electron chi connectivity index (χ1n) is 18.5. The van der Waals surface area contributed by atoms with E-state index in [0.717, 1.165) is 13.1 Å². The Labute approximate surface area is 328 Å². The van der Waals surface area contributed by atoms with Gasteiger partial charge in [0, 0.05) is 45.8 Å². The molecule has 1 unspecified atom stereocenters. The average Bonchev–Trinajstić information content (AvgIpc) is 2.92. The number of carbonyl (C=O) groups excluding carboxylic acids is 6. The molecule has 1 amide bonds. The Hall–Kier alpha value is -3.42. The van der Waals surface area contributed by atoms with Crippen LogP contribution in [0, 0.1) is 0 Å². The molecule has 9 N–H and O–H groups in total. The van der Waals surface area contributed by atoms with E-state index in [1.165, 1.54) is 4.90 Å². The van der Waals surface area contributed by atoms with Crippen molar-refractivity contribution in [2.75, 3.05) is 52.4 Å². The molecule has 322 valence electrons. The molecule has 0 spiro atoms. The molecule has 18 heteroatoms. The van der Waals surface area contributed by atoms with Crippen LogP contribution in [0.2, 0.25) is 0 Å². The highest BCUT2D eigenvalue weighted by molar-refractivity contribution is 6.00. The highest BCUT2D eigenvalue weighted by Gasteiger charge is 2.39. The lowest BCUT2D eigenvalue weighted by Gasteiger charge is -2.31. The molecule has 0 aliphatic heterocycles. The van der Waals surface area contributed by atoms with Gasteiger partial charge >= 0.3 is 29.8 Å². The lowest BCUT2D eigenvalue weighted by molar-refractivity contribution is -0.173. The van der Waals surface area contributed by atoms with Crippen LogP contribution in [0.3, 0.4) is 0 Å². The summed E-state index contributed by atoms with van der Waals surface area (Å²) in [5.74, 6) is -5.34. The number of esters is 5. The van der Waals surface area contributed by atoms with Crippen molar-refractivity contribution in [1.29, 1.82) is 0 Å². The van der Waals surface area contributed by atoms with Gasteiger partial charge in [-0.15, -0.1) is 0 Å². The molecule has 0 bridgehead atoms. The van der Waals surface area contributed by atoms with Gasteiger partial charge < -0.3 is 46.2 Å². The second-order valence-electron chi connectivity index (χ2n) is 17.7. The number of primary amides is 1. The van der Waals surface area contributed by atoms with Crippen LogP contribution in [0.1, 0.15) is 104 Å². The number of nitrogens with zero attached hydrogens (tertiary/aromatic N) is 1. The predicted octanol–water partition coefficient (Wildman–Crippen LogP) is 0.261. The molecular formula is C37H73N7O11. The predicted molar refractivity (Wildman–Crippen MR) is 208 cm³/mol. The Balaban J connectivity index is 0. The second kappa shape index (κ2) is 23.6. The monoisotopic (exact) mass is 792 g/mol. The number of rotatable bonds is 19. The van der Waals surface area contributed by atoms with Crippen LogP contribution in [0.4, 0.5) is 0 Å². The highest BCUT2D eigenvalue weighted by Crippen LogP contribution is 2.15. The minimum Gasteiger partial charge on any atom is -0.459 e. The molecule has 0 aliphatic rings. The molecule has 0 saturated heterocycles. The number of amides is 1. The molecule has 0 fully saturated rings. The van der Waals surface area contributed by atoms with E-state index in [2.05, 4.69) is 16.0 Å². The van der Waals surface area contributed by atoms with Crippen molar-refractivity contribution in [1.82, 2.24) is 20.9 Å². The Morgan fingerprint density at radius 3 is 1.20 bits per heavy atom. The lowest BCUT2D eigenvalue weighted by atomic mass is 10.1. The van der Waals surface area contributed by atoms with Gasteiger partial charge in [-0.05, 0) is 104 Å². The third-order valence-electron chi connectivity index (χ3n) is 5.91. The van der Waals surface area contributed by atoms with Crippen molar-refractivity contribution >= 4 is 35.8 Å². The zero-order valence-corrected chi connectivity index (χ0v) is 36.1. The fourth-order valence-corrected chi connectivity index (χ4v) is 4.11. The van der Waals surface area contributed by atoms with Crippen LogP contribution in [0.15, 0.2) is 0 Å². The molecule has 0 saturated carbocycles. The summed E-state index contributed by atoms with van der Waals surface area (Å²) in [5.41, 5.74) is 11.4. The van der Waals surface area contributed by atoms with E-state index in [1.807, 2.05) is 0 Å². The molecule has 55 heavy (non-hydrogen) atoms. The molecule has 0 radical (unpaired) electrons. The summed E-state index contributed by atoms with van der Waals surface area (Å²) in [6.07, 6.45) is 0. The molecule has 0 rings (SSSR count). The number of hydrogen-bond acceptors (Lipinski definition) is 17. The number of nitrogens with two attached hydrogens (primary N) is 3. The maximum Gasteiger partial charge on any atom is 0.335 e. The number of hydrogen-bond donors (Lipinski definition) is 6. The molecule has 18 nitrogen and oxygen atoms in total. The Morgan fingerprint density at radius 1 is 0.545 bits per heavy atom. The van der Waals surface area contributed by atoms with Crippen molar-refractivity contribution in [2.24, 2.45) is 17.2 Å². The van der Waals surface area contributed by atoms with Gasteiger partial charge in [-0.1, -0.05) is 0 Å². The maximum atomic E-state index is 13.1. The Kier molecular flexibility index (Phi) is 23.0. The molecule has 0 aromatic carbocycles. The van der Waals surface area contributed by atoms with Gasteiger partial charge in [-0.25, -0.2) is 19.2 Å². The van der Waals surface area contributed by atoms with Crippen molar-refractivity contribution in [3.8, 4) is 0 Å². The molecule has 0 aromatic rings. The summed E-state index contributed by atoms with van der Waals surface area (Å²) in [4.78, 5) is 79.2. The van der Waals surface area contributed by atoms with Gasteiger partial charge in [-0.2, -0.15) is 0 Å². The first-order chi connectivity index (χ1) is 24.7. The normalized spacial score (nSPS) is 13.1. The summed E-state index contributed by atoms with van der Waals surface area (Å²) < 4.78 is 27.1. The largest absolute Gasteiger partial charge is 0.459 e. The fraction of sp³-hybridized carbons (Fsp3) is 0.838. The van der Waals surface area contributed by atoms with E-state index in [4.69, 9.17) is 40.9 Å². The second-order valence-corrected chi connectivity index (χ2v) is 17.7. The average molecular weight is 792 g/mol. The van der Waals surface area contributed by atoms with E-state index in [-0.39, 0.29) is 26.2 Å². The number of carbonyl (C=O) groups is 6. The summed E-state index contributed by atoms with van der Waals surface area (Å²) in [5, 5.41) is 8.51. The first-order valence-corrected chi connectivity index (χ1v) is 18.5. The summed E-state index contributed by atoms with van der Waals surface area (Å²) in [6, 6.07) is -4.64. The van der Waals surface area contributed by atoms with E-state index in [9.17, 15) is 28.8 Å². The Bertz CT molecular complexity index is 1170. The molecule has 0 aromatic heterocycles. The number of ether oxygens (including phenoxy) is 5. The Morgan fingerprint density at radius 2 is 0.891 bits per heavy atom. The van der Waals surface area contributed by atoms with Gasteiger partial charge in [0.05, 0.1) is 6.54 Å². The zero-order valence-electron chi connectivity index (χ0n) is 36.1. The topological polar surface area (TPSA) is 266 Å². The molecular weight excluding hydrogens is 718 g/mol. The van der Waals surface area contributed by atoms with Gasteiger partial charge in [0.1, 0.15) is 34.0 Å². The van der Waals surface area contributed by atoms with Crippen molar-refractivity contribution in [3.63, 3.8) is 0 Å². The summed E-state index contributed by atoms with van der Waals surface area (Å²) in [7, 11) is 0. The molecule has 0 heterocycles. The maximum absolute atomic E-state index is 13.1. The van der Waals surface area contributed by atoms with Gasteiger partial charge in [0.15, 0.2) is 0 Å². The lowest BCUT2D eigenvalue weighted by Crippen LogP contribution is -2.59. The first kappa shape index (κ1) is 53.7. The minimum absolute atomic E-state index is 0.0453. The van der Waals surface area contributed by atoms with Crippen molar-refractivity contribution < 1.29 is 52.5 Å². The van der Waals surface area contributed by atoms with E-state index in [0.29, 0.717) is 13.1 Å². The number of nitrogens with one attached hydrogen (secondary N) is 3. The van der Waals surface area contributed by atoms with Crippen LogP contribution < -0.4 is 33.2 Å². The van der Waals surface area contributed by atoms with Crippen LogP contribution >= 0.6 is 0 Å². The fourth-order valence-electron chi connectivity index (χ4n) is 4.11. The van der Waals surface area contributed by atoms with E-state index in [1.54, 1.807) is 104 Å². The quantitative estimate of drug-likeness (QED) is 0.0443. The van der Waals surface area contributed by atoms with Gasteiger partial charge in [-0.3, -0.25) is 25.1 Å². The van der Waals surface area contributed by atoms with Crippen LogP contribution in [-0.4, -0.2) is 139 Å². The van der Waals surface area contributed by atoms with Crippen LogP contribution in [-0.2, 0) is 52.5 Å². The highest BCUT2D eigenvalue weighted by atomic mass is 16.6. The molecule has 0 aliphatic carbocycles. The van der Waals surface area contributed by atoms with Crippen molar-refractivity contribution in [3.05, 3.63) is 0 Å². The van der Waals surface area contributed by atoms with Crippen LogP contribution in [0.25, 0.3) is 0 Å². The van der Waals surface area contributed by atoms with E-state index < -0.39 is 81.9 Å².